The molecular weight excluding hydrogens is 436 g/mol. The van der Waals surface area contributed by atoms with Gasteiger partial charge < -0.3 is 26.2 Å². The topological polar surface area (TPSA) is 75.9 Å². The first-order valence-electron chi connectivity index (χ1n) is 13.8. The fraction of sp³-hybridized carbons (Fsp3) is 0.815. The second kappa shape index (κ2) is 14.8. The number of nitrogen functional groups attached to an aromatic ring is 1. The summed E-state index contributed by atoms with van der Waals surface area (Å²) in [5, 5.41) is 7.28. The summed E-state index contributed by atoms with van der Waals surface area (Å²) in [7, 11) is 0. The average Bonchev–Trinajstić information content (AvgIpc) is 2.77. The monoisotopic (exact) mass is 490 g/mol. The highest BCUT2D eigenvalue weighted by atomic mass is 15.3. The lowest BCUT2D eigenvalue weighted by molar-refractivity contribution is 0.176. The molecule has 0 unspecified atom stereocenters. The van der Waals surface area contributed by atoms with Crippen LogP contribution in [-0.2, 0) is 0 Å². The molecule has 0 amide bonds. The number of anilines is 3. The molecule has 1 aliphatic rings. The predicted octanol–water partition coefficient (Wildman–Crippen LogP) is 2.71. The third-order valence-electron chi connectivity index (χ3n) is 7.01. The van der Waals surface area contributed by atoms with Gasteiger partial charge in [-0.3, -0.25) is 9.80 Å². The Bertz CT molecular complexity index is 705. The molecule has 4 N–H and O–H groups in total. The molecule has 2 rings (SSSR count). The van der Waals surface area contributed by atoms with E-state index in [0.29, 0.717) is 24.2 Å². The number of aromatic nitrogens is 1. The SMILES string of the molecule is CC(C)N(CCNCCN1CCN(CCNCCN(C(C)C)C(C)C)c2ncc(N)cc21)C(C)C. The van der Waals surface area contributed by atoms with Crippen molar-refractivity contribution in [3.05, 3.63) is 12.3 Å². The number of hydrogen-bond donors (Lipinski definition) is 3. The number of pyridine rings is 1. The third-order valence-corrected chi connectivity index (χ3v) is 7.01. The van der Waals surface area contributed by atoms with Crippen LogP contribution in [0.2, 0.25) is 0 Å². The van der Waals surface area contributed by atoms with Gasteiger partial charge in [0.05, 0.1) is 17.6 Å². The molecule has 35 heavy (non-hydrogen) atoms. The van der Waals surface area contributed by atoms with E-state index in [2.05, 4.69) is 91.7 Å². The van der Waals surface area contributed by atoms with E-state index in [0.717, 1.165) is 82.6 Å². The zero-order valence-electron chi connectivity index (χ0n) is 23.8. The number of hydrogen-bond acceptors (Lipinski definition) is 8. The molecular formula is C27H54N8. The van der Waals surface area contributed by atoms with E-state index in [1.165, 1.54) is 0 Å². The Hall–Kier alpha value is -1.61. The molecule has 2 heterocycles. The summed E-state index contributed by atoms with van der Waals surface area (Å²) in [6.07, 6.45) is 1.79. The minimum atomic E-state index is 0.574. The van der Waals surface area contributed by atoms with E-state index in [9.17, 15) is 0 Å². The van der Waals surface area contributed by atoms with Gasteiger partial charge in [-0.2, -0.15) is 0 Å². The molecule has 0 radical (unpaired) electrons. The van der Waals surface area contributed by atoms with Crippen molar-refractivity contribution < 1.29 is 0 Å². The van der Waals surface area contributed by atoms with Crippen LogP contribution < -0.4 is 26.2 Å². The smallest absolute Gasteiger partial charge is 0.152 e. The van der Waals surface area contributed by atoms with E-state index in [4.69, 9.17) is 10.7 Å². The van der Waals surface area contributed by atoms with Crippen molar-refractivity contribution in [2.24, 2.45) is 0 Å². The molecule has 0 spiro atoms. The molecule has 8 heteroatoms. The van der Waals surface area contributed by atoms with Crippen molar-refractivity contribution in [1.29, 1.82) is 0 Å². The van der Waals surface area contributed by atoms with Crippen molar-refractivity contribution in [2.75, 3.05) is 81.0 Å². The van der Waals surface area contributed by atoms with Gasteiger partial charge in [0.2, 0.25) is 0 Å². The van der Waals surface area contributed by atoms with Gasteiger partial charge in [0.1, 0.15) is 0 Å². The van der Waals surface area contributed by atoms with Crippen LogP contribution in [0.15, 0.2) is 12.3 Å². The molecule has 0 aromatic carbocycles. The highest BCUT2D eigenvalue weighted by molar-refractivity contribution is 5.72. The number of nitrogens with two attached hydrogens (primary N) is 1. The summed E-state index contributed by atoms with van der Waals surface area (Å²) in [5.41, 5.74) is 8.02. The molecule has 0 aliphatic carbocycles. The van der Waals surface area contributed by atoms with Crippen LogP contribution in [0.25, 0.3) is 0 Å². The van der Waals surface area contributed by atoms with E-state index in [1.807, 2.05) is 0 Å². The Morgan fingerprint density at radius 1 is 0.771 bits per heavy atom. The molecule has 8 nitrogen and oxygen atoms in total. The summed E-state index contributed by atoms with van der Waals surface area (Å²) >= 11 is 0. The lowest BCUT2D eigenvalue weighted by Crippen LogP contribution is -2.47. The molecule has 202 valence electrons. The fourth-order valence-corrected chi connectivity index (χ4v) is 5.18. The zero-order valence-corrected chi connectivity index (χ0v) is 23.8. The van der Waals surface area contributed by atoms with Gasteiger partial charge in [-0.15, -0.1) is 0 Å². The lowest BCUT2D eigenvalue weighted by Gasteiger charge is -2.38. The minimum Gasteiger partial charge on any atom is -0.397 e. The molecule has 1 aromatic rings. The van der Waals surface area contributed by atoms with Crippen LogP contribution in [-0.4, -0.2) is 104 Å². The number of rotatable bonds is 16. The molecule has 0 saturated carbocycles. The van der Waals surface area contributed by atoms with Gasteiger partial charge in [-0.05, 0) is 61.5 Å². The van der Waals surface area contributed by atoms with Gasteiger partial charge in [-0.25, -0.2) is 4.98 Å². The number of nitrogens with zero attached hydrogens (tertiary/aromatic N) is 5. The Morgan fingerprint density at radius 2 is 1.23 bits per heavy atom. The van der Waals surface area contributed by atoms with Crippen LogP contribution in [0.4, 0.5) is 17.2 Å². The van der Waals surface area contributed by atoms with Crippen LogP contribution in [0.3, 0.4) is 0 Å². The summed E-state index contributed by atoms with van der Waals surface area (Å²) < 4.78 is 0. The summed E-state index contributed by atoms with van der Waals surface area (Å²) in [4.78, 5) is 14.6. The maximum atomic E-state index is 6.13. The minimum absolute atomic E-state index is 0.574. The summed E-state index contributed by atoms with van der Waals surface area (Å²) in [5.74, 6) is 1.06. The summed E-state index contributed by atoms with van der Waals surface area (Å²) in [6, 6.07) is 4.38. The molecule has 1 aliphatic heterocycles. The first-order valence-corrected chi connectivity index (χ1v) is 13.8. The maximum Gasteiger partial charge on any atom is 0.152 e. The van der Waals surface area contributed by atoms with Crippen molar-refractivity contribution in [2.45, 2.75) is 79.6 Å². The highest BCUT2D eigenvalue weighted by Gasteiger charge is 2.24. The molecule has 0 fully saturated rings. The van der Waals surface area contributed by atoms with Crippen molar-refractivity contribution in [3.8, 4) is 0 Å². The highest BCUT2D eigenvalue weighted by Crippen LogP contribution is 2.32. The van der Waals surface area contributed by atoms with Crippen LogP contribution >= 0.6 is 0 Å². The average molecular weight is 491 g/mol. The van der Waals surface area contributed by atoms with Crippen molar-refractivity contribution in [3.63, 3.8) is 0 Å². The molecule has 0 bridgehead atoms. The predicted molar refractivity (Wildman–Crippen MR) is 153 cm³/mol. The van der Waals surface area contributed by atoms with E-state index >= 15 is 0 Å². The van der Waals surface area contributed by atoms with Crippen molar-refractivity contribution in [1.82, 2.24) is 25.4 Å². The number of nitrogens with one attached hydrogen (secondary N) is 2. The Balaban J connectivity index is 1.82. The Kier molecular flexibility index (Phi) is 12.6. The van der Waals surface area contributed by atoms with Gasteiger partial charge >= 0.3 is 0 Å². The lowest BCUT2D eigenvalue weighted by atomic mass is 10.2. The van der Waals surface area contributed by atoms with Crippen molar-refractivity contribution >= 4 is 17.2 Å². The van der Waals surface area contributed by atoms with Gasteiger partial charge in [0.15, 0.2) is 5.82 Å². The second-order valence-electron chi connectivity index (χ2n) is 10.9. The fourth-order valence-electron chi connectivity index (χ4n) is 5.18. The van der Waals surface area contributed by atoms with Crippen LogP contribution in [0.1, 0.15) is 55.4 Å². The zero-order chi connectivity index (χ0) is 26.0. The van der Waals surface area contributed by atoms with Gasteiger partial charge in [0.25, 0.3) is 0 Å². The van der Waals surface area contributed by atoms with Gasteiger partial charge in [0, 0.05) is 89.6 Å². The molecule has 0 saturated heterocycles. The van der Waals surface area contributed by atoms with Crippen LogP contribution in [0.5, 0.6) is 0 Å². The standard InChI is InChI=1S/C27H54N8/c1-21(2)34(22(3)4)15-11-29-9-13-32-17-18-33(27-26(32)19-25(28)20-31-27)14-10-30-12-16-35(23(5)6)24(7)8/h19-24,29-30H,9-18,28H2,1-8H3. The number of fused-ring (bicyclic) bond motifs is 1. The van der Waals surface area contributed by atoms with Crippen LogP contribution in [0, 0.1) is 0 Å². The Morgan fingerprint density at radius 3 is 1.71 bits per heavy atom. The normalized spacial score (nSPS) is 14.5. The molecule has 0 atom stereocenters. The van der Waals surface area contributed by atoms with E-state index < -0.39 is 0 Å². The summed E-state index contributed by atoms with van der Waals surface area (Å²) in [6.45, 7) is 28.2. The van der Waals surface area contributed by atoms with E-state index in [-0.39, 0.29) is 0 Å². The van der Waals surface area contributed by atoms with E-state index in [1.54, 1.807) is 6.20 Å². The largest absolute Gasteiger partial charge is 0.397 e. The first kappa shape index (κ1) is 29.6. The molecule has 1 aromatic heterocycles. The van der Waals surface area contributed by atoms with Gasteiger partial charge in [-0.1, -0.05) is 0 Å². The third kappa shape index (κ3) is 9.41. The maximum absolute atomic E-state index is 6.13. The quantitative estimate of drug-likeness (QED) is 0.306. The first-order chi connectivity index (χ1) is 16.6. The second-order valence-corrected chi connectivity index (χ2v) is 10.9. The Labute approximate surface area is 215 Å².